The molecule has 0 saturated heterocycles. The number of nitrogens with one attached hydrogen (secondary N) is 2. The monoisotopic (exact) mass is 284 g/mol. The van der Waals surface area contributed by atoms with Gasteiger partial charge in [-0.05, 0) is 56.0 Å². The Kier molecular flexibility index (Phi) is 4.13. The van der Waals surface area contributed by atoms with E-state index in [-0.39, 0.29) is 16.9 Å². The molecular formula is C13H20N2O3S. The summed E-state index contributed by atoms with van der Waals surface area (Å²) in [6.07, 6.45) is 3.12. The van der Waals surface area contributed by atoms with E-state index in [0.29, 0.717) is 0 Å². The summed E-state index contributed by atoms with van der Waals surface area (Å²) >= 11 is 0. The first-order valence-corrected chi connectivity index (χ1v) is 7.88. The van der Waals surface area contributed by atoms with Gasteiger partial charge in [-0.1, -0.05) is 0 Å². The van der Waals surface area contributed by atoms with Crippen molar-refractivity contribution < 1.29 is 13.5 Å². The molecule has 0 unspecified atom stereocenters. The molecule has 1 aromatic carbocycles. The summed E-state index contributed by atoms with van der Waals surface area (Å²) < 4.78 is 25.4. The number of aliphatic hydroxyl groups excluding tert-OH is 1. The van der Waals surface area contributed by atoms with Crippen molar-refractivity contribution in [1.82, 2.24) is 4.72 Å². The third-order valence-electron chi connectivity index (χ3n) is 3.70. The molecule has 0 amide bonds. The van der Waals surface area contributed by atoms with E-state index in [1.807, 2.05) is 0 Å². The van der Waals surface area contributed by atoms with Gasteiger partial charge in [-0.25, -0.2) is 13.1 Å². The zero-order chi connectivity index (χ0) is 13.9. The highest BCUT2D eigenvalue weighted by molar-refractivity contribution is 7.89. The average molecular weight is 284 g/mol. The Balaban J connectivity index is 1.96. The van der Waals surface area contributed by atoms with Gasteiger partial charge in [0.1, 0.15) is 0 Å². The lowest BCUT2D eigenvalue weighted by Crippen LogP contribution is -2.19. The Labute approximate surface area is 114 Å². The SMILES string of the molecule is CNS(=O)(=O)c1ccc(NCC2(CCO)CC2)cc1. The van der Waals surface area contributed by atoms with Crippen LogP contribution in [0.5, 0.6) is 0 Å². The number of hydrogen-bond acceptors (Lipinski definition) is 4. The highest BCUT2D eigenvalue weighted by Gasteiger charge is 2.41. The maximum atomic E-state index is 11.6. The van der Waals surface area contributed by atoms with Crippen LogP contribution >= 0.6 is 0 Å². The molecule has 0 aromatic heterocycles. The van der Waals surface area contributed by atoms with Crippen molar-refractivity contribution >= 4 is 15.7 Å². The molecule has 1 fully saturated rings. The molecule has 3 N–H and O–H groups in total. The standard InChI is InChI=1S/C13H20N2O3S/c1-14-19(17,18)12-4-2-11(3-5-12)15-10-13(6-7-13)8-9-16/h2-5,14-16H,6-10H2,1H3. The first-order valence-electron chi connectivity index (χ1n) is 6.40. The Hall–Kier alpha value is -1.11. The molecule has 6 heteroatoms. The molecular weight excluding hydrogens is 264 g/mol. The van der Waals surface area contributed by atoms with Gasteiger partial charge in [0, 0.05) is 18.8 Å². The van der Waals surface area contributed by atoms with Crippen LogP contribution in [0.4, 0.5) is 5.69 Å². The minimum absolute atomic E-state index is 0.223. The molecule has 1 saturated carbocycles. The van der Waals surface area contributed by atoms with Crippen LogP contribution in [0, 0.1) is 5.41 Å². The largest absolute Gasteiger partial charge is 0.396 e. The van der Waals surface area contributed by atoms with E-state index in [0.717, 1.165) is 31.5 Å². The second-order valence-electron chi connectivity index (χ2n) is 5.06. The number of hydrogen-bond donors (Lipinski definition) is 3. The highest BCUT2D eigenvalue weighted by atomic mass is 32.2. The van der Waals surface area contributed by atoms with Gasteiger partial charge < -0.3 is 10.4 Å². The van der Waals surface area contributed by atoms with E-state index in [1.165, 1.54) is 7.05 Å². The molecule has 1 aliphatic rings. The van der Waals surface area contributed by atoms with Crippen LogP contribution < -0.4 is 10.0 Å². The summed E-state index contributed by atoms with van der Waals surface area (Å²) in [5.41, 5.74) is 1.14. The van der Waals surface area contributed by atoms with Gasteiger partial charge in [0.25, 0.3) is 0 Å². The zero-order valence-electron chi connectivity index (χ0n) is 11.0. The Bertz CT molecular complexity index is 521. The first-order chi connectivity index (χ1) is 9.01. The van der Waals surface area contributed by atoms with Crippen molar-refractivity contribution in [2.45, 2.75) is 24.2 Å². The molecule has 0 radical (unpaired) electrons. The summed E-state index contributed by atoms with van der Waals surface area (Å²) in [4.78, 5) is 0.261. The van der Waals surface area contributed by atoms with Gasteiger partial charge in [-0.15, -0.1) is 0 Å². The van der Waals surface area contributed by atoms with Gasteiger partial charge in [-0.2, -0.15) is 0 Å². The van der Waals surface area contributed by atoms with Crippen molar-refractivity contribution in [3.8, 4) is 0 Å². The molecule has 2 rings (SSSR count). The van der Waals surface area contributed by atoms with Gasteiger partial charge in [-0.3, -0.25) is 0 Å². The molecule has 0 bridgehead atoms. The van der Waals surface area contributed by atoms with Gasteiger partial charge in [0.15, 0.2) is 0 Å². The molecule has 1 aliphatic carbocycles. The zero-order valence-corrected chi connectivity index (χ0v) is 11.8. The quantitative estimate of drug-likeness (QED) is 0.702. The van der Waals surface area contributed by atoms with Crippen LogP contribution in [0.25, 0.3) is 0 Å². The number of sulfonamides is 1. The Morgan fingerprint density at radius 2 is 1.89 bits per heavy atom. The van der Waals surface area contributed by atoms with E-state index in [9.17, 15) is 8.42 Å². The van der Waals surface area contributed by atoms with E-state index in [2.05, 4.69) is 10.0 Å². The Morgan fingerprint density at radius 3 is 2.37 bits per heavy atom. The second kappa shape index (κ2) is 5.48. The summed E-state index contributed by atoms with van der Waals surface area (Å²) in [7, 11) is -1.97. The molecule has 1 aromatic rings. The highest BCUT2D eigenvalue weighted by Crippen LogP contribution is 2.48. The van der Waals surface area contributed by atoms with Crippen LogP contribution in [0.3, 0.4) is 0 Å². The molecule has 0 atom stereocenters. The average Bonchev–Trinajstić information content (AvgIpc) is 3.18. The minimum Gasteiger partial charge on any atom is -0.396 e. The summed E-state index contributed by atoms with van der Waals surface area (Å²) in [5.74, 6) is 0. The lowest BCUT2D eigenvalue weighted by Gasteiger charge is -2.15. The predicted octanol–water partition coefficient (Wildman–Crippen LogP) is 1.17. The number of rotatable bonds is 7. The van der Waals surface area contributed by atoms with Gasteiger partial charge >= 0.3 is 0 Å². The van der Waals surface area contributed by atoms with E-state index in [1.54, 1.807) is 24.3 Å². The summed E-state index contributed by atoms with van der Waals surface area (Å²) in [5, 5.41) is 12.3. The second-order valence-corrected chi connectivity index (χ2v) is 6.95. The molecule has 0 heterocycles. The predicted molar refractivity (Wildman–Crippen MR) is 74.5 cm³/mol. The fraction of sp³-hybridized carbons (Fsp3) is 0.538. The number of aliphatic hydroxyl groups is 1. The van der Waals surface area contributed by atoms with Crippen LogP contribution in [0.1, 0.15) is 19.3 Å². The molecule has 0 aliphatic heterocycles. The van der Waals surface area contributed by atoms with E-state index in [4.69, 9.17) is 5.11 Å². The van der Waals surface area contributed by atoms with Crippen molar-refractivity contribution in [2.24, 2.45) is 5.41 Å². The number of anilines is 1. The van der Waals surface area contributed by atoms with Crippen LogP contribution in [0.2, 0.25) is 0 Å². The summed E-state index contributed by atoms with van der Waals surface area (Å²) in [6, 6.07) is 6.69. The third-order valence-corrected chi connectivity index (χ3v) is 5.13. The number of benzene rings is 1. The Morgan fingerprint density at radius 1 is 1.26 bits per heavy atom. The van der Waals surface area contributed by atoms with Gasteiger partial charge in [0.2, 0.25) is 10.0 Å². The van der Waals surface area contributed by atoms with Crippen molar-refractivity contribution in [3.05, 3.63) is 24.3 Å². The van der Waals surface area contributed by atoms with E-state index < -0.39 is 10.0 Å². The maximum Gasteiger partial charge on any atom is 0.240 e. The van der Waals surface area contributed by atoms with Crippen LogP contribution in [-0.2, 0) is 10.0 Å². The first kappa shape index (κ1) is 14.3. The normalized spacial score (nSPS) is 17.2. The minimum atomic E-state index is -3.37. The van der Waals surface area contributed by atoms with Crippen molar-refractivity contribution in [2.75, 3.05) is 25.5 Å². The third kappa shape index (κ3) is 3.46. The van der Waals surface area contributed by atoms with Gasteiger partial charge in [0.05, 0.1) is 4.90 Å². The van der Waals surface area contributed by atoms with Crippen molar-refractivity contribution in [3.63, 3.8) is 0 Å². The molecule has 0 spiro atoms. The fourth-order valence-electron chi connectivity index (χ4n) is 2.09. The lowest BCUT2D eigenvalue weighted by atomic mass is 10.0. The van der Waals surface area contributed by atoms with Crippen molar-refractivity contribution in [1.29, 1.82) is 0 Å². The lowest BCUT2D eigenvalue weighted by molar-refractivity contribution is 0.253. The molecule has 106 valence electrons. The molecule has 5 nitrogen and oxygen atoms in total. The summed E-state index contributed by atoms with van der Waals surface area (Å²) in [6.45, 7) is 1.05. The van der Waals surface area contributed by atoms with Crippen LogP contribution in [0.15, 0.2) is 29.2 Å². The fourth-order valence-corrected chi connectivity index (χ4v) is 2.82. The van der Waals surface area contributed by atoms with E-state index >= 15 is 0 Å². The topological polar surface area (TPSA) is 78.4 Å². The molecule has 19 heavy (non-hydrogen) atoms. The maximum absolute atomic E-state index is 11.6. The smallest absolute Gasteiger partial charge is 0.240 e. The van der Waals surface area contributed by atoms with Crippen LogP contribution in [-0.4, -0.2) is 33.7 Å².